The van der Waals surface area contributed by atoms with Crippen LogP contribution in [-0.2, 0) is 9.53 Å². The Morgan fingerprint density at radius 3 is 1.86 bits per heavy atom. The lowest BCUT2D eigenvalue weighted by Gasteiger charge is -2.64. The predicted octanol–water partition coefficient (Wildman–Crippen LogP) is 6.59. The third-order valence-electron chi connectivity index (χ3n) is 7.78. The van der Waals surface area contributed by atoms with Gasteiger partial charge in [0.05, 0.1) is 22.2 Å². The first kappa shape index (κ1) is 26.4. The van der Waals surface area contributed by atoms with Crippen molar-refractivity contribution in [2.24, 2.45) is 0 Å². The number of carbonyl (C=O) groups excluding carboxylic acids is 2. The zero-order valence-corrected chi connectivity index (χ0v) is 24.7. The Hall–Kier alpha value is -2.65. The Kier molecular flexibility index (Phi) is 6.85. The smallest absolute Gasteiger partial charge is 0.412 e. The van der Waals surface area contributed by atoms with E-state index in [0.717, 1.165) is 11.1 Å². The number of ether oxygens (including phenoxy) is 1. The molecule has 4 rings (SSSR count). The lowest BCUT2D eigenvalue weighted by molar-refractivity contribution is -0.173. The van der Waals surface area contributed by atoms with Crippen LogP contribution in [0.2, 0.25) is 39.3 Å². The summed E-state index contributed by atoms with van der Waals surface area (Å²) in [4.78, 5) is 32.1. The molecule has 4 atom stereocenters. The van der Waals surface area contributed by atoms with Crippen LogP contribution in [0.4, 0.5) is 4.79 Å². The summed E-state index contributed by atoms with van der Waals surface area (Å²) in [5.74, 6) is 0.0383. The van der Waals surface area contributed by atoms with Gasteiger partial charge in [-0.2, -0.15) is 0 Å². The molecule has 5 nitrogen and oxygen atoms in total. The van der Waals surface area contributed by atoms with Gasteiger partial charge < -0.3 is 9.64 Å². The second kappa shape index (κ2) is 9.34. The maximum Gasteiger partial charge on any atom is 0.412 e. The van der Waals surface area contributed by atoms with Crippen molar-refractivity contribution in [2.75, 3.05) is 0 Å². The summed E-state index contributed by atoms with van der Waals surface area (Å²) < 4.78 is 6.08. The van der Waals surface area contributed by atoms with Crippen LogP contribution in [-0.4, -0.2) is 54.8 Å². The van der Waals surface area contributed by atoms with Gasteiger partial charge in [-0.05, 0) is 24.5 Å². The van der Waals surface area contributed by atoms with E-state index in [4.69, 9.17) is 4.74 Å². The Morgan fingerprint density at radius 2 is 1.42 bits per heavy atom. The normalized spacial score (nSPS) is 26.7. The van der Waals surface area contributed by atoms with Crippen molar-refractivity contribution < 1.29 is 14.3 Å². The quantitative estimate of drug-likeness (QED) is 0.224. The van der Waals surface area contributed by atoms with E-state index >= 15 is 0 Å². The molecular formula is C29H40N2O3Si2. The van der Waals surface area contributed by atoms with Gasteiger partial charge in [0, 0.05) is 5.29 Å². The Balaban J connectivity index is 1.85. The Labute approximate surface area is 218 Å². The van der Waals surface area contributed by atoms with Crippen molar-refractivity contribution in [1.82, 2.24) is 9.80 Å². The van der Waals surface area contributed by atoms with E-state index in [2.05, 4.69) is 57.7 Å². The summed E-state index contributed by atoms with van der Waals surface area (Å²) in [5, 5.41) is 0.268. The van der Waals surface area contributed by atoms with Crippen molar-refractivity contribution in [3.63, 3.8) is 0 Å². The molecule has 0 saturated carbocycles. The van der Waals surface area contributed by atoms with E-state index in [1.54, 1.807) is 11.0 Å². The topological polar surface area (TPSA) is 49.9 Å². The molecule has 2 aliphatic rings. The SMILES string of the molecule is C=CC[C@]1(N2C(=O)O[C@H](c3ccccc3)[C@@H]2c2ccccc2)C(=O)N(C([Si](C)(C)C)[Si](C)(C)C)[C@@H]1C. The van der Waals surface area contributed by atoms with E-state index in [-0.39, 0.29) is 17.2 Å². The Morgan fingerprint density at radius 1 is 0.917 bits per heavy atom. The maximum absolute atomic E-state index is 14.4. The molecule has 0 bridgehead atoms. The van der Waals surface area contributed by atoms with Crippen LogP contribution in [0, 0.1) is 0 Å². The molecule has 2 aromatic carbocycles. The first-order valence-corrected chi connectivity index (χ1v) is 20.0. The number of hydrogen-bond donors (Lipinski definition) is 0. The molecular weight excluding hydrogens is 481 g/mol. The van der Waals surface area contributed by atoms with Gasteiger partial charge in [-0.25, -0.2) is 4.79 Å². The number of benzene rings is 2. The van der Waals surface area contributed by atoms with Crippen molar-refractivity contribution in [1.29, 1.82) is 0 Å². The van der Waals surface area contributed by atoms with E-state index in [1.165, 1.54) is 0 Å². The van der Waals surface area contributed by atoms with E-state index in [0.29, 0.717) is 6.42 Å². The minimum atomic E-state index is -1.72. The standard InChI is InChI=1S/C29H40N2O3Si2/c1-9-20-29(21(2)30(26(29)32)28(35(3,4)5)36(6,7)8)31-24(22-16-12-10-13-17-22)25(34-27(31)33)23-18-14-11-15-19-23/h9-19,21,24-25,28H,1,20H2,2-8H3/t21-,24+,25-,29-/m1/s1. The van der Waals surface area contributed by atoms with Crippen molar-refractivity contribution in [3.8, 4) is 0 Å². The molecule has 0 aromatic heterocycles. The minimum Gasteiger partial charge on any atom is -0.439 e. The van der Waals surface area contributed by atoms with Crippen molar-refractivity contribution in [3.05, 3.63) is 84.4 Å². The fourth-order valence-corrected chi connectivity index (χ4v) is 19.6. The molecule has 2 fully saturated rings. The molecule has 7 heteroatoms. The average molecular weight is 521 g/mol. The molecule has 0 radical (unpaired) electrons. The van der Waals surface area contributed by atoms with Crippen LogP contribution in [0.15, 0.2) is 73.3 Å². The van der Waals surface area contributed by atoms with Gasteiger partial charge >= 0.3 is 6.09 Å². The molecule has 0 unspecified atom stereocenters. The maximum atomic E-state index is 14.4. The lowest BCUT2D eigenvalue weighted by atomic mass is 9.74. The van der Waals surface area contributed by atoms with E-state index < -0.39 is 39.9 Å². The number of amides is 2. The van der Waals surface area contributed by atoms with Gasteiger partial charge in [-0.3, -0.25) is 9.69 Å². The number of nitrogens with zero attached hydrogens (tertiary/aromatic N) is 2. The lowest BCUT2D eigenvalue weighted by Crippen LogP contribution is -2.85. The number of rotatable bonds is 8. The predicted molar refractivity (Wildman–Crippen MR) is 151 cm³/mol. The second-order valence-electron chi connectivity index (χ2n) is 12.4. The van der Waals surface area contributed by atoms with Crippen molar-refractivity contribution >= 4 is 28.1 Å². The summed E-state index contributed by atoms with van der Waals surface area (Å²) in [6.07, 6.45) is 1.25. The van der Waals surface area contributed by atoms with Crippen molar-refractivity contribution in [2.45, 2.75) is 81.6 Å². The van der Waals surface area contributed by atoms with Crippen LogP contribution in [0.3, 0.4) is 0 Å². The number of hydrogen-bond acceptors (Lipinski definition) is 3. The molecule has 0 spiro atoms. The molecule has 2 aliphatic heterocycles. The highest BCUT2D eigenvalue weighted by atomic mass is 28.4. The van der Waals surface area contributed by atoms with Gasteiger partial charge in [-0.15, -0.1) is 6.58 Å². The number of likely N-dealkylation sites (tertiary alicyclic amines) is 1. The van der Waals surface area contributed by atoms with Crippen LogP contribution in [0.5, 0.6) is 0 Å². The first-order valence-electron chi connectivity index (χ1n) is 12.9. The zero-order chi connectivity index (χ0) is 26.5. The highest BCUT2D eigenvalue weighted by molar-refractivity contribution is 6.96. The van der Waals surface area contributed by atoms with Crippen LogP contribution in [0.1, 0.15) is 36.6 Å². The molecule has 0 N–H and O–H groups in total. The van der Waals surface area contributed by atoms with Gasteiger partial charge in [0.15, 0.2) is 6.10 Å². The summed E-state index contributed by atoms with van der Waals surface area (Å²) in [5.41, 5.74) is 0.876. The molecule has 192 valence electrons. The highest BCUT2D eigenvalue weighted by Gasteiger charge is 2.69. The number of β-lactam (4-membered cyclic amide) rings is 1. The minimum absolute atomic E-state index is 0.0383. The Bertz CT molecular complexity index is 1110. The third-order valence-corrected chi connectivity index (χ3v) is 16.8. The fourth-order valence-electron chi connectivity index (χ4n) is 6.85. The fraction of sp³-hybridized carbons (Fsp3) is 0.448. The molecule has 2 amide bonds. The summed E-state index contributed by atoms with van der Waals surface area (Å²) in [6.45, 7) is 20.2. The van der Waals surface area contributed by atoms with Gasteiger partial charge in [0.2, 0.25) is 0 Å². The second-order valence-corrected chi connectivity index (χ2v) is 23.5. The monoisotopic (exact) mass is 520 g/mol. The number of cyclic esters (lactones) is 1. The molecule has 2 heterocycles. The molecule has 0 aliphatic carbocycles. The van der Waals surface area contributed by atoms with Gasteiger partial charge in [0.1, 0.15) is 11.6 Å². The first-order chi connectivity index (χ1) is 16.9. The zero-order valence-electron chi connectivity index (χ0n) is 22.7. The summed E-state index contributed by atoms with van der Waals surface area (Å²) >= 11 is 0. The highest BCUT2D eigenvalue weighted by Crippen LogP contribution is 2.53. The molecule has 36 heavy (non-hydrogen) atoms. The van der Waals surface area contributed by atoms with E-state index in [9.17, 15) is 9.59 Å². The van der Waals surface area contributed by atoms with Gasteiger partial charge in [0.25, 0.3) is 5.91 Å². The van der Waals surface area contributed by atoms with Crippen LogP contribution >= 0.6 is 0 Å². The summed E-state index contributed by atoms with van der Waals surface area (Å²) in [6, 6.07) is 19.3. The molecule has 2 saturated heterocycles. The average Bonchev–Trinajstić information content (AvgIpc) is 3.17. The van der Waals surface area contributed by atoms with Crippen LogP contribution in [0.25, 0.3) is 0 Å². The summed E-state index contributed by atoms with van der Waals surface area (Å²) in [7, 11) is -3.44. The number of carbonyl (C=O) groups is 2. The van der Waals surface area contributed by atoms with Crippen LogP contribution < -0.4 is 0 Å². The third kappa shape index (κ3) is 4.16. The largest absolute Gasteiger partial charge is 0.439 e. The van der Waals surface area contributed by atoms with E-state index in [1.807, 2.05) is 60.7 Å². The molecule has 2 aromatic rings. The van der Waals surface area contributed by atoms with Gasteiger partial charge in [-0.1, -0.05) is 106 Å².